The highest BCUT2D eigenvalue weighted by molar-refractivity contribution is 6.07. The highest BCUT2D eigenvalue weighted by atomic mass is 16.5. The summed E-state index contributed by atoms with van der Waals surface area (Å²) in [6.45, 7) is 4.13. The summed E-state index contributed by atoms with van der Waals surface area (Å²) in [6, 6.07) is -0.495. The summed E-state index contributed by atoms with van der Waals surface area (Å²) < 4.78 is 5.17. The second-order valence-corrected chi connectivity index (χ2v) is 5.54. The standard InChI is InChI=1S/C12H19N3O4/c1-11(2,19-3)9(17)15-6-4-5-12(7-15)8(16)13-10(18)14-12/h4-7H2,1-3H3,(H2,13,14,16,18). The number of piperidine rings is 1. The average molecular weight is 269 g/mol. The topological polar surface area (TPSA) is 87.7 Å². The molecule has 2 aliphatic heterocycles. The molecule has 0 aromatic heterocycles. The van der Waals surface area contributed by atoms with E-state index in [1.54, 1.807) is 18.7 Å². The SMILES string of the molecule is COC(C)(C)C(=O)N1CCCC2(C1)NC(=O)NC2=O. The van der Waals surface area contributed by atoms with Crippen molar-refractivity contribution in [3.05, 3.63) is 0 Å². The number of methoxy groups -OCH3 is 1. The third-order valence-electron chi connectivity index (χ3n) is 3.82. The third kappa shape index (κ3) is 2.30. The van der Waals surface area contributed by atoms with Crippen LogP contribution in [0.1, 0.15) is 26.7 Å². The summed E-state index contributed by atoms with van der Waals surface area (Å²) in [7, 11) is 1.47. The number of carbonyl (C=O) groups is 3. The summed E-state index contributed by atoms with van der Waals surface area (Å²) in [5.74, 6) is -0.534. The molecule has 106 valence electrons. The van der Waals surface area contributed by atoms with Crippen molar-refractivity contribution in [2.24, 2.45) is 0 Å². The van der Waals surface area contributed by atoms with Crippen LogP contribution >= 0.6 is 0 Å². The fraction of sp³-hybridized carbons (Fsp3) is 0.750. The Morgan fingerprint density at radius 1 is 1.42 bits per heavy atom. The molecular formula is C12H19N3O4. The number of nitrogens with one attached hydrogen (secondary N) is 2. The van der Waals surface area contributed by atoms with Crippen molar-refractivity contribution in [2.45, 2.75) is 37.8 Å². The fourth-order valence-corrected chi connectivity index (χ4v) is 2.51. The first-order chi connectivity index (χ1) is 8.81. The molecule has 1 spiro atoms. The predicted molar refractivity (Wildman–Crippen MR) is 66.3 cm³/mol. The van der Waals surface area contributed by atoms with Gasteiger partial charge in [0.25, 0.3) is 11.8 Å². The predicted octanol–water partition coefficient (Wildman–Crippen LogP) is -0.388. The Kier molecular flexibility index (Phi) is 3.25. The maximum atomic E-state index is 12.3. The Hall–Kier alpha value is -1.63. The summed E-state index contributed by atoms with van der Waals surface area (Å²) in [5, 5.41) is 4.87. The molecular weight excluding hydrogens is 250 g/mol. The van der Waals surface area contributed by atoms with Crippen molar-refractivity contribution in [3.8, 4) is 0 Å². The number of rotatable bonds is 2. The fourth-order valence-electron chi connectivity index (χ4n) is 2.51. The smallest absolute Gasteiger partial charge is 0.322 e. The van der Waals surface area contributed by atoms with E-state index in [0.717, 1.165) is 0 Å². The first-order valence-corrected chi connectivity index (χ1v) is 6.29. The largest absolute Gasteiger partial charge is 0.369 e. The van der Waals surface area contributed by atoms with E-state index in [9.17, 15) is 14.4 Å². The molecule has 4 amide bonds. The lowest BCUT2D eigenvalue weighted by Gasteiger charge is -2.40. The minimum atomic E-state index is -0.977. The van der Waals surface area contributed by atoms with Gasteiger partial charge in [0.05, 0.1) is 6.54 Å². The first kappa shape index (κ1) is 13.8. The van der Waals surface area contributed by atoms with Crippen molar-refractivity contribution in [3.63, 3.8) is 0 Å². The maximum absolute atomic E-state index is 12.3. The van der Waals surface area contributed by atoms with Gasteiger partial charge in [-0.1, -0.05) is 0 Å². The van der Waals surface area contributed by atoms with Crippen LogP contribution in [0.5, 0.6) is 0 Å². The van der Waals surface area contributed by atoms with E-state index in [4.69, 9.17) is 4.74 Å². The maximum Gasteiger partial charge on any atom is 0.322 e. The van der Waals surface area contributed by atoms with E-state index in [0.29, 0.717) is 19.4 Å². The second kappa shape index (κ2) is 4.48. The number of amides is 4. The van der Waals surface area contributed by atoms with Crippen molar-refractivity contribution in [2.75, 3.05) is 20.2 Å². The highest BCUT2D eigenvalue weighted by Gasteiger charge is 2.50. The van der Waals surface area contributed by atoms with E-state index in [1.807, 2.05) is 0 Å². The molecule has 2 rings (SSSR count). The zero-order chi connectivity index (χ0) is 14.3. The average Bonchev–Trinajstić information content (AvgIpc) is 2.63. The van der Waals surface area contributed by atoms with Crippen LogP contribution in [-0.4, -0.2) is 54.1 Å². The lowest BCUT2D eigenvalue weighted by atomic mass is 9.88. The summed E-state index contributed by atoms with van der Waals surface area (Å²) in [4.78, 5) is 37.1. The van der Waals surface area contributed by atoms with Crippen LogP contribution in [0.25, 0.3) is 0 Å². The minimum absolute atomic E-state index is 0.178. The molecule has 0 aromatic rings. The lowest BCUT2D eigenvalue weighted by Crippen LogP contribution is -2.62. The second-order valence-electron chi connectivity index (χ2n) is 5.54. The Morgan fingerprint density at radius 2 is 2.11 bits per heavy atom. The van der Waals surface area contributed by atoms with Crippen LogP contribution in [0.2, 0.25) is 0 Å². The first-order valence-electron chi connectivity index (χ1n) is 6.29. The van der Waals surface area contributed by atoms with Crippen LogP contribution in [0.15, 0.2) is 0 Å². The number of nitrogens with zero attached hydrogens (tertiary/aromatic N) is 1. The number of hydrogen-bond acceptors (Lipinski definition) is 4. The van der Waals surface area contributed by atoms with Gasteiger partial charge in [-0.15, -0.1) is 0 Å². The number of hydrogen-bond donors (Lipinski definition) is 2. The Morgan fingerprint density at radius 3 is 2.63 bits per heavy atom. The molecule has 0 aromatic carbocycles. The van der Waals surface area contributed by atoms with Gasteiger partial charge in [-0.2, -0.15) is 0 Å². The molecule has 0 aliphatic carbocycles. The lowest BCUT2D eigenvalue weighted by molar-refractivity contribution is -0.154. The number of likely N-dealkylation sites (tertiary alicyclic amines) is 1. The van der Waals surface area contributed by atoms with Crippen LogP contribution in [0.3, 0.4) is 0 Å². The Balaban J connectivity index is 2.16. The van der Waals surface area contributed by atoms with Crippen LogP contribution in [-0.2, 0) is 14.3 Å². The molecule has 2 saturated heterocycles. The molecule has 19 heavy (non-hydrogen) atoms. The number of urea groups is 1. The van der Waals surface area contributed by atoms with Crippen molar-refractivity contribution in [1.82, 2.24) is 15.5 Å². The van der Waals surface area contributed by atoms with Gasteiger partial charge in [-0.05, 0) is 26.7 Å². The van der Waals surface area contributed by atoms with Gasteiger partial charge in [-0.25, -0.2) is 4.79 Å². The molecule has 2 N–H and O–H groups in total. The van der Waals surface area contributed by atoms with Gasteiger partial charge in [0, 0.05) is 13.7 Å². The zero-order valence-corrected chi connectivity index (χ0v) is 11.4. The quantitative estimate of drug-likeness (QED) is 0.668. The van der Waals surface area contributed by atoms with Gasteiger partial charge in [-0.3, -0.25) is 14.9 Å². The van der Waals surface area contributed by atoms with Crippen LogP contribution < -0.4 is 10.6 Å². The molecule has 1 unspecified atom stereocenters. The van der Waals surface area contributed by atoms with Gasteiger partial charge >= 0.3 is 6.03 Å². The van der Waals surface area contributed by atoms with Crippen molar-refractivity contribution < 1.29 is 19.1 Å². The number of imide groups is 1. The van der Waals surface area contributed by atoms with Crippen LogP contribution in [0, 0.1) is 0 Å². The van der Waals surface area contributed by atoms with E-state index in [-0.39, 0.29) is 18.4 Å². The van der Waals surface area contributed by atoms with E-state index < -0.39 is 17.2 Å². The molecule has 2 fully saturated rings. The minimum Gasteiger partial charge on any atom is -0.369 e. The van der Waals surface area contributed by atoms with E-state index in [2.05, 4.69) is 10.6 Å². The molecule has 7 nitrogen and oxygen atoms in total. The summed E-state index contributed by atoms with van der Waals surface area (Å²) in [5.41, 5.74) is -1.91. The number of ether oxygens (including phenoxy) is 1. The normalized spacial score (nSPS) is 27.4. The highest BCUT2D eigenvalue weighted by Crippen LogP contribution is 2.26. The molecule has 1 atom stereocenters. The molecule has 0 saturated carbocycles. The van der Waals surface area contributed by atoms with Crippen LogP contribution in [0.4, 0.5) is 4.79 Å². The van der Waals surface area contributed by atoms with Gasteiger partial charge in [0.1, 0.15) is 11.1 Å². The number of carbonyl (C=O) groups excluding carboxylic acids is 3. The van der Waals surface area contributed by atoms with Gasteiger partial charge < -0.3 is 15.0 Å². The summed E-state index contributed by atoms with van der Waals surface area (Å²) >= 11 is 0. The zero-order valence-electron chi connectivity index (χ0n) is 11.4. The van der Waals surface area contributed by atoms with E-state index >= 15 is 0 Å². The monoisotopic (exact) mass is 269 g/mol. The molecule has 2 aliphatic rings. The molecule has 7 heteroatoms. The van der Waals surface area contributed by atoms with E-state index in [1.165, 1.54) is 7.11 Å². The Labute approximate surface area is 111 Å². The van der Waals surface area contributed by atoms with Crippen molar-refractivity contribution >= 4 is 17.8 Å². The Bertz CT molecular complexity index is 435. The molecule has 2 heterocycles. The molecule has 0 bridgehead atoms. The third-order valence-corrected chi connectivity index (χ3v) is 3.82. The van der Waals surface area contributed by atoms with Gasteiger partial charge in [0.2, 0.25) is 0 Å². The molecule has 0 radical (unpaired) electrons. The van der Waals surface area contributed by atoms with Gasteiger partial charge in [0.15, 0.2) is 0 Å². The summed E-state index contributed by atoms with van der Waals surface area (Å²) in [6.07, 6.45) is 1.21. The van der Waals surface area contributed by atoms with Crippen molar-refractivity contribution in [1.29, 1.82) is 0 Å².